The second kappa shape index (κ2) is 5.96. The van der Waals surface area contributed by atoms with Crippen LogP contribution in [0.15, 0.2) is 29.7 Å². The molecule has 0 fully saturated rings. The van der Waals surface area contributed by atoms with E-state index in [1.54, 1.807) is 11.7 Å². The van der Waals surface area contributed by atoms with E-state index in [0.29, 0.717) is 10.8 Å². The van der Waals surface area contributed by atoms with E-state index in [1.807, 2.05) is 32.0 Å². The van der Waals surface area contributed by atoms with Gasteiger partial charge in [-0.3, -0.25) is 4.79 Å². The number of carbonyl (C=O) groups excluding carboxylic acids is 1. The van der Waals surface area contributed by atoms with E-state index >= 15 is 0 Å². The van der Waals surface area contributed by atoms with Crippen molar-refractivity contribution in [2.45, 2.75) is 24.3 Å². The van der Waals surface area contributed by atoms with Gasteiger partial charge in [-0.2, -0.15) is 5.10 Å². The van der Waals surface area contributed by atoms with Gasteiger partial charge in [0.15, 0.2) is 5.16 Å². The molecule has 2 rings (SSSR count). The molecule has 106 valence electrons. The SMILES string of the molecule is Cc1c(N)cccc1NC(=O)C(C)Sc1ncnn1C. The zero-order chi connectivity index (χ0) is 14.7. The highest BCUT2D eigenvalue weighted by atomic mass is 32.2. The number of benzene rings is 1. The number of thioether (sulfide) groups is 1. The van der Waals surface area contributed by atoms with E-state index in [-0.39, 0.29) is 11.2 Å². The normalized spacial score (nSPS) is 12.2. The minimum atomic E-state index is -0.279. The fourth-order valence-electron chi connectivity index (χ4n) is 1.63. The number of nitrogens with one attached hydrogen (secondary N) is 1. The summed E-state index contributed by atoms with van der Waals surface area (Å²) >= 11 is 1.36. The topological polar surface area (TPSA) is 85.8 Å². The van der Waals surface area contributed by atoms with E-state index in [4.69, 9.17) is 5.73 Å². The van der Waals surface area contributed by atoms with Crippen LogP contribution in [0.1, 0.15) is 12.5 Å². The highest BCUT2D eigenvalue weighted by Gasteiger charge is 2.18. The highest BCUT2D eigenvalue weighted by Crippen LogP contribution is 2.24. The van der Waals surface area contributed by atoms with Crippen LogP contribution in [0.4, 0.5) is 11.4 Å². The van der Waals surface area contributed by atoms with Gasteiger partial charge in [0.25, 0.3) is 0 Å². The van der Waals surface area contributed by atoms with Crippen molar-refractivity contribution in [3.8, 4) is 0 Å². The molecule has 0 aliphatic heterocycles. The van der Waals surface area contributed by atoms with E-state index in [2.05, 4.69) is 15.4 Å². The zero-order valence-corrected chi connectivity index (χ0v) is 12.4. The van der Waals surface area contributed by atoms with Gasteiger partial charge in [0.05, 0.1) is 5.25 Å². The summed E-state index contributed by atoms with van der Waals surface area (Å²) in [7, 11) is 1.79. The molecule has 1 amide bonds. The fourth-order valence-corrected chi connectivity index (χ4v) is 2.42. The molecule has 6 nitrogen and oxygen atoms in total. The maximum absolute atomic E-state index is 12.2. The van der Waals surface area contributed by atoms with Crippen LogP contribution in [0.3, 0.4) is 0 Å². The van der Waals surface area contributed by atoms with Crippen LogP contribution in [0.25, 0.3) is 0 Å². The molecule has 7 heteroatoms. The Morgan fingerprint density at radius 1 is 1.50 bits per heavy atom. The third kappa shape index (κ3) is 3.11. The Morgan fingerprint density at radius 2 is 2.25 bits per heavy atom. The quantitative estimate of drug-likeness (QED) is 0.663. The lowest BCUT2D eigenvalue weighted by Gasteiger charge is -2.13. The maximum Gasteiger partial charge on any atom is 0.237 e. The van der Waals surface area contributed by atoms with Crippen molar-refractivity contribution < 1.29 is 4.79 Å². The Hall–Kier alpha value is -2.02. The first-order chi connectivity index (χ1) is 9.49. The molecular formula is C13H17N5OS. The number of hydrogen-bond acceptors (Lipinski definition) is 5. The van der Waals surface area contributed by atoms with Crippen LogP contribution < -0.4 is 11.1 Å². The van der Waals surface area contributed by atoms with Crippen LogP contribution in [0.5, 0.6) is 0 Å². The molecule has 20 heavy (non-hydrogen) atoms. The molecule has 1 unspecified atom stereocenters. The largest absolute Gasteiger partial charge is 0.398 e. The second-order valence-corrected chi connectivity index (χ2v) is 5.74. The number of amides is 1. The molecule has 0 bridgehead atoms. The first-order valence-electron chi connectivity index (χ1n) is 6.15. The Bertz CT molecular complexity index is 625. The summed E-state index contributed by atoms with van der Waals surface area (Å²) in [6, 6.07) is 5.46. The molecule has 3 N–H and O–H groups in total. The van der Waals surface area contributed by atoms with E-state index in [9.17, 15) is 4.79 Å². The van der Waals surface area contributed by atoms with Gasteiger partial charge in [0.1, 0.15) is 6.33 Å². The lowest BCUT2D eigenvalue weighted by atomic mass is 10.1. The van der Waals surface area contributed by atoms with Crippen LogP contribution in [0.2, 0.25) is 0 Å². The molecule has 1 aromatic heterocycles. The fraction of sp³-hybridized carbons (Fsp3) is 0.308. The monoisotopic (exact) mass is 291 g/mol. The Morgan fingerprint density at radius 3 is 2.90 bits per heavy atom. The van der Waals surface area contributed by atoms with Crippen molar-refractivity contribution in [3.63, 3.8) is 0 Å². The average molecular weight is 291 g/mol. The van der Waals surface area contributed by atoms with Crippen LogP contribution >= 0.6 is 11.8 Å². The maximum atomic E-state index is 12.2. The number of aryl methyl sites for hydroxylation is 1. The number of carbonyl (C=O) groups is 1. The van der Waals surface area contributed by atoms with Gasteiger partial charge in [-0.15, -0.1) is 0 Å². The molecular weight excluding hydrogens is 274 g/mol. The van der Waals surface area contributed by atoms with Crippen LogP contribution in [-0.2, 0) is 11.8 Å². The minimum absolute atomic E-state index is 0.0910. The summed E-state index contributed by atoms with van der Waals surface area (Å²) in [5, 5.41) is 7.29. The second-order valence-electron chi connectivity index (χ2n) is 4.44. The molecule has 0 aliphatic rings. The molecule has 0 spiro atoms. The molecule has 2 aromatic rings. The number of hydrogen-bond donors (Lipinski definition) is 2. The van der Waals surface area contributed by atoms with E-state index in [1.165, 1.54) is 18.1 Å². The summed E-state index contributed by atoms with van der Waals surface area (Å²) in [6.07, 6.45) is 1.47. The zero-order valence-electron chi connectivity index (χ0n) is 11.6. The third-order valence-electron chi connectivity index (χ3n) is 2.95. The number of nitrogens with zero attached hydrogens (tertiary/aromatic N) is 3. The number of anilines is 2. The minimum Gasteiger partial charge on any atom is -0.398 e. The Balaban J connectivity index is 2.04. The van der Waals surface area contributed by atoms with Crippen LogP contribution in [-0.4, -0.2) is 25.9 Å². The van der Waals surface area contributed by atoms with E-state index in [0.717, 1.165) is 11.3 Å². The molecule has 0 aliphatic carbocycles. The van der Waals surface area contributed by atoms with Gasteiger partial charge in [-0.25, -0.2) is 9.67 Å². The third-order valence-corrected chi connectivity index (χ3v) is 4.10. The number of rotatable bonds is 4. The average Bonchev–Trinajstić information content (AvgIpc) is 2.80. The molecule has 1 aromatic carbocycles. The lowest BCUT2D eigenvalue weighted by molar-refractivity contribution is -0.115. The van der Waals surface area contributed by atoms with Gasteiger partial charge >= 0.3 is 0 Å². The lowest BCUT2D eigenvalue weighted by Crippen LogP contribution is -2.23. The molecule has 1 heterocycles. The number of nitrogen functional groups attached to an aromatic ring is 1. The Labute approximate surface area is 121 Å². The predicted octanol–water partition coefficient (Wildman–Crippen LogP) is 1.83. The predicted molar refractivity (Wildman–Crippen MR) is 80.5 cm³/mol. The van der Waals surface area contributed by atoms with Crippen molar-refractivity contribution >= 4 is 29.0 Å². The number of nitrogens with two attached hydrogens (primary N) is 1. The molecule has 0 saturated heterocycles. The van der Waals surface area contributed by atoms with Gasteiger partial charge < -0.3 is 11.1 Å². The molecule has 1 atom stereocenters. The van der Waals surface area contributed by atoms with Crippen molar-refractivity contribution in [2.75, 3.05) is 11.1 Å². The van der Waals surface area contributed by atoms with Gasteiger partial charge in [-0.05, 0) is 31.5 Å². The standard InChI is InChI=1S/C13H17N5OS/c1-8-10(14)5-4-6-11(8)17-12(19)9(2)20-13-15-7-16-18(13)3/h4-7,9H,14H2,1-3H3,(H,17,19). The first kappa shape index (κ1) is 14.4. The Kier molecular flexibility index (Phi) is 4.29. The van der Waals surface area contributed by atoms with E-state index < -0.39 is 0 Å². The molecule has 0 radical (unpaired) electrons. The smallest absolute Gasteiger partial charge is 0.237 e. The van der Waals surface area contributed by atoms with Gasteiger partial charge in [0, 0.05) is 18.4 Å². The summed E-state index contributed by atoms with van der Waals surface area (Å²) in [5.74, 6) is -0.0910. The summed E-state index contributed by atoms with van der Waals surface area (Å²) in [4.78, 5) is 16.3. The van der Waals surface area contributed by atoms with Gasteiger partial charge in [-0.1, -0.05) is 17.8 Å². The molecule has 0 saturated carbocycles. The first-order valence-corrected chi connectivity index (χ1v) is 7.03. The summed E-state index contributed by atoms with van der Waals surface area (Å²) < 4.78 is 1.64. The van der Waals surface area contributed by atoms with Crippen LogP contribution in [0, 0.1) is 6.92 Å². The van der Waals surface area contributed by atoms with Crippen molar-refractivity contribution in [1.82, 2.24) is 14.8 Å². The van der Waals surface area contributed by atoms with Crippen molar-refractivity contribution in [1.29, 1.82) is 0 Å². The van der Waals surface area contributed by atoms with Gasteiger partial charge in [0.2, 0.25) is 5.91 Å². The van der Waals surface area contributed by atoms with Crippen molar-refractivity contribution in [2.24, 2.45) is 7.05 Å². The highest BCUT2D eigenvalue weighted by molar-refractivity contribution is 8.00. The number of aromatic nitrogens is 3. The van der Waals surface area contributed by atoms with Crippen molar-refractivity contribution in [3.05, 3.63) is 30.1 Å². The summed E-state index contributed by atoms with van der Waals surface area (Å²) in [6.45, 7) is 3.71. The summed E-state index contributed by atoms with van der Waals surface area (Å²) in [5.41, 5.74) is 8.10.